The Bertz CT molecular complexity index is 433. The van der Waals surface area contributed by atoms with E-state index in [4.69, 9.17) is 18.0 Å². The van der Waals surface area contributed by atoms with Crippen molar-refractivity contribution in [3.63, 3.8) is 0 Å². The second-order valence-corrected chi connectivity index (χ2v) is 4.72. The molecule has 0 aromatic carbocycles. The number of hydrogen-bond acceptors (Lipinski definition) is 3. The molecule has 0 aliphatic rings. The number of amides is 1. The van der Waals surface area contributed by atoms with Gasteiger partial charge in [0.25, 0.3) is 0 Å². The molecule has 1 heterocycles. The molecule has 0 atom stereocenters. The van der Waals surface area contributed by atoms with Crippen LogP contribution in [0.25, 0.3) is 0 Å². The van der Waals surface area contributed by atoms with Crippen LogP contribution in [0.1, 0.15) is 22.5 Å². The van der Waals surface area contributed by atoms with E-state index in [1.807, 2.05) is 0 Å². The largest absolute Gasteiger partial charge is 0.345 e. The Labute approximate surface area is 103 Å². The van der Waals surface area contributed by atoms with Gasteiger partial charge < -0.3 is 5.32 Å². The average molecular weight is 256 g/mol. The third-order valence-electron chi connectivity index (χ3n) is 1.81. The maximum Gasteiger partial charge on any atom is 0.221 e. The van der Waals surface area contributed by atoms with Crippen molar-refractivity contribution >= 4 is 34.6 Å². The SMILES string of the molecule is C#CCNC(=O)CCC(=O)c1ccc(Cl)s1. The van der Waals surface area contributed by atoms with Crippen molar-refractivity contribution in [3.05, 3.63) is 21.3 Å². The molecule has 0 unspecified atom stereocenters. The zero-order valence-corrected chi connectivity index (χ0v) is 10.0. The number of nitrogens with one attached hydrogen (secondary N) is 1. The van der Waals surface area contributed by atoms with E-state index < -0.39 is 0 Å². The summed E-state index contributed by atoms with van der Waals surface area (Å²) in [4.78, 5) is 23.3. The molecular weight excluding hydrogens is 246 g/mol. The second kappa shape index (κ2) is 6.31. The van der Waals surface area contributed by atoms with Crippen LogP contribution < -0.4 is 5.32 Å². The number of thiophene rings is 1. The van der Waals surface area contributed by atoms with Gasteiger partial charge in [0.05, 0.1) is 15.8 Å². The predicted octanol–water partition coefficient (Wildman–Crippen LogP) is 2.11. The predicted molar refractivity (Wildman–Crippen MR) is 64.7 cm³/mol. The molecule has 0 spiro atoms. The van der Waals surface area contributed by atoms with Crippen LogP contribution in [0.5, 0.6) is 0 Å². The molecule has 3 nitrogen and oxygen atoms in total. The fourth-order valence-corrected chi connectivity index (χ4v) is 2.06. The summed E-state index contributed by atoms with van der Waals surface area (Å²) in [6.45, 7) is 0.192. The van der Waals surface area contributed by atoms with Crippen molar-refractivity contribution in [2.24, 2.45) is 0 Å². The van der Waals surface area contributed by atoms with Crippen LogP contribution in [-0.4, -0.2) is 18.2 Å². The Morgan fingerprint density at radius 1 is 1.44 bits per heavy atom. The lowest BCUT2D eigenvalue weighted by Crippen LogP contribution is -2.23. The highest BCUT2D eigenvalue weighted by atomic mass is 35.5. The summed E-state index contributed by atoms with van der Waals surface area (Å²) in [5.74, 6) is 2.00. The molecule has 0 saturated carbocycles. The monoisotopic (exact) mass is 255 g/mol. The molecule has 0 radical (unpaired) electrons. The molecule has 0 aliphatic heterocycles. The van der Waals surface area contributed by atoms with Gasteiger partial charge in [-0.05, 0) is 12.1 Å². The Hall–Kier alpha value is -1.31. The lowest BCUT2D eigenvalue weighted by Gasteiger charge is -1.99. The van der Waals surface area contributed by atoms with E-state index in [0.717, 1.165) is 0 Å². The summed E-state index contributed by atoms with van der Waals surface area (Å²) in [5, 5.41) is 2.49. The van der Waals surface area contributed by atoms with Crippen molar-refractivity contribution in [1.29, 1.82) is 0 Å². The van der Waals surface area contributed by atoms with Gasteiger partial charge in [0.15, 0.2) is 5.78 Å². The third-order valence-corrected chi connectivity index (χ3v) is 3.09. The molecule has 1 aromatic rings. The first-order chi connectivity index (χ1) is 7.63. The van der Waals surface area contributed by atoms with E-state index in [2.05, 4.69) is 11.2 Å². The Morgan fingerprint density at radius 3 is 2.75 bits per heavy atom. The molecule has 0 fully saturated rings. The van der Waals surface area contributed by atoms with Gasteiger partial charge in [-0.3, -0.25) is 9.59 Å². The van der Waals surface area contributed by atoms with E-state index in [1.54, 1.807) is 12.1 Å². The first-order valence-corrected chi connectivity index (χ1v) is 5.81. The van der Waals surface area contributed by atoms with Crippen LogP contribution in [0.2, 0.25) is 4.34 Å². The first-order valence-electron chi connectivity index (χ1n) is 4.62. The van der Waals surface area contributed by atoms with Gasteiger partial charge in [0, 0.05) is 12.8 Å². The summed E-state index contributed by atoms with van der Waals surface area (Å²) >= 11 is 6.92. The van der Waals surface area contributed by atoms with E-state index in [-0.39, 0.29) is 31.1 Å². The smallest absolute Gasteiger partial charge is 0.221 e. The van der Waals surface area contributed by atoms with Crippen LogP contribution in [0.3, 0.4) is 0 Å². The highest BCUT2D eigenvalue weighted by molar-refractivity contribution is 7.18. The van der Waals surface area contributed by atoms with Gasteiger partial charge >= 0.3 is 0 Å². The number of Topliss-reactive ketones (excluding diaryl/α,β-unsaturated/α-hetero) is 1. The minimum atomic E-state index is -0.214. The molecule has 1 aromatic heterocycles. The Morgan fingerprint density at radius 2 is 2.19 bits per heavy atom. The van der Waals surface area contributed by atoms with Crippen molar-refractivity contribution < 1.29 is 9.59 Å². The topological polar surface area (TPSA) is 46.2 Å². The number of carbonyl (C=O) groups is 2. The van der Waals surface area contributed by atoms with E-state index in [0.29, 0.717) is 9.21 Å². The Balaban J connectivity index is 2.36. The van der Waals surface area contributed by atoms with Gasteiger partial charge in [0.1, 0.15) is 0 Å². The molecule has 84 valence electrons. The van der Waals surface area contributed by atoms with Crippen LogP contribution >= 0.6 is 22.9 Å². The number of hydrogen-bond donors (Lipinski definition) is 1. The lowest BCUT2D eigenvalue weighted by atomic mass is 10.2. The number of ketones is 1. The van der Waals surface area contributed by atoms with Crippen LogP contribution in [-0.2, 0) is 4.79 Å². The van der Waals surface area contributed by atoms with Gasteiger partial charge in [-0.2, -0.15) is 0 Å². The number of rotatable bonds is 5. The van der Waals surface area contributed by atoms with E-state index >= 15 is 0 Å². The molecule has 0 bridgehead atoms. The minimum absolute atomic E-state index is 0.0762. The van der Waals surface area contributed by atoms with E-state index in [1.165, 1.54) is 11.3 Å². The molecule has 0 aliphatic carbocycles. The number of carbonyl (C=O) groups excluding carboxylic acids is 2. The fourth-order valence-electron chi connectivity index (χ4n) is 1.05. The van der Waals surface area contributed by atoms with E-state index in [9.17, 15) is 9.59 Å². The van der Waals surface area contributed by atoms with Gasteiger partial charge in [-0.15, -0.1) is 17.8 Å². The maximum atomic E-state index is 11.6. The van der Waals surface area contributed by atoms with Crippen LogP contribution in [0.4, 0.5) is 0 Å². The molecule has 5 heteroatoms. The summed E-state index contributed by atoms with van der Waals surface area (Å²) in [7, 11) is 0. The number of halogens is 1. The highest BCUT2D eigenvalue weighted by Crippen LogP contribution is 2.22. The quantitative estimate of drug-likeness (QED) is 0.647. The van der Waals surface area contributed by atoms with Crippen molar-refractivity contribution in [1.82, 2.24) is 5.32 Å². The molecular formula is C11H10ClNO2S. The fraction of sp³-hybridized carbons (Fsp3) is 0.273. The van der Waals surface area contributed by atoms with Crippen molar-refractivity contribution in [2.45, 2.75) is 12.8 Å². The molecule has 1 N–H and O–H groups in total. The summed E-state index contributed by atoms with van der Waals surface area (Å²) in [5.41, 5.74) is 0. The Kier molecular flexibility index (Phi) is 5.03. The van der Waals surface area contributed by atoms with Crippen LogP contribution in [0, 0.1) is 12.3 Å². The van der Waals surface area contributed by atoms with Gasteiger partial charge in [-0.1, -0.05) is 17.5 Å². The minimum Gasteiger partial charge on any atom is -0.345 e. The first kappa shape index (κ1) is 12.8. The van der Waals surface area contributed by atoms with Gasteiger partial charge in [-0.25, -0.2) is 0 Å². The summed E-state index contributed by atoms with van der Waals surface area (Å²) < 4.78 is 0.570. The zero-order valence-electron chi connectivity index (χ0n) is 8.46. The zero-order chi connectivity index (χ0) is 12.0. The third kappa shape index (κ3) is 4.05. The summed E-state index contributed by atoms with van der Waals surface area (Å²) in [6, 6.07) is 3.33. The van der Waals surface area contributed by atoms with Crippen molar-refractivity contribution in [3.8, 4) is 12.3 Å². The summed E-state index contributed by atoms with van der Waals surface area (Å²) in [6.07, 6.45) is 5.30. The lowest BCUT2D eigenvalue weighted by molar-refractivity contribution is -0.120. The standard InChI is InChI=1S/C11H10ClNO2S/c1-2-7-13-11(15)6-3-8(14)9-4-5-10(12)16-9/h1,4-5H,3,6-7H2,(H,13,15). The van der Waals surface area contributed by atoms with Crippen molar-refractivity contribution in [2.75, 3.05) is 6.54 Å². The normalized spacial score (nSPS) is 9.50. The molecule has 16 heavy (non-hydrogen) atoms. The molecule has 1 amide bonds. The second-order valence-electron chi connectivity index (χ2n) is 3.01. The number of terminal acetylenes is 1. The molecule has 0 saturated heterocycles. The maximum absolute atomic E-state index is 11.6. The van der Waals surface area contributed by atoms with Gasteiger partial charge in [0.2, 0.25) is 5.91 Å². The molecule has 1 rings (SSSR count). The average Bonchev–Trinajstić information content (AvgIpc) is 2.69. The van der Waals surface area contributed by atoms with Crippen LogP contribution in [0.15, 0.2) is 12.1 Å². The highest BCUT2D eigenvalue weighted by Gasteiger charge is 2.10.